The molecule has 3 aliphatic rings. The van der Waals surface area contributed by atoms with Crippen molar-refractivity contribution in [3.8, 4) is 0 Å². The van der Waals surface area contributed by atoms with Crippen LogP contribution in [0.25, 0.3) is 0 Å². The Bertz CT molecular complexity index is 545. The van der Waals surface area contributed by atoms with Crippen molar-refractivity contribution in [1.82, 2.24) is 15.2 Å². The highest BCUT2D eigenvalue weighted by Crippen LogP contribution is 2.43. The summed E-state index contributed by atoms with van der Waals surface area (Å²) in [6.45, 7) is 3.05. The van der Waals surface area contributed by atoms with Crippen LogP contribution in [0.2, 0.25) is 0 Å². The summed E-state index contributed by atoms with van der Waals surface area (Å²) in [6, 6.07) is 0. The third-order valence-electron chi connectivity index (χ3n) is 5.16. The van der Waals surface area contributed by atoms with Gasteiger partial charge in [0.15, 0.2) is 0 Å². The summed E-state index contributed by atoms with van der Waals surface area (Å²) >= 11 is 1.72. The van der Waals surface area contributed by atoms with Crippen LogP contribution in [-0.4, -0.2) is 27.9 Å². The zero-order valence-electron chi connectivity index (χ0n) is 12.6. The Hall–Kier alpha value is -0.940. The van der Waals surface area contributed by atoms with E-state index in [1.165, 1.54) is 25.7 Å². The van der Waals surface area contributed by atoms with Gasteiger partial charge < -0.3 is 4.90 Å². The van der Waals surface area contributed by atoms with Gasteiger partial charge in [-0.3, -0.25) is 10.1 Å². The number of carbonyl (C=O) groups excluding carboxylic acids is 1. The summed E-state index contributed by atoms with van der Waals surface area (Å²) in [5.41, 5.74) is 0.768. The molecule has 0 radical (unpaired) electrons. The van der Waals surface area contributed by atoms with E-state index in [-0.39, 0.29) is 11.7 Å². The van der Waals surface area contributed by atoms with Gasteiger partial charge in [-0.1, -0.05) is 19.8 Å². The average molecular weight is 305 g/mol. The summed E-state index contributed by atoms with van der Waals surface area (Å²) in [6.07, 6.45) is 7.86. The Balaban J connectivity index is 1.64. The van der Waals surface area contributed by atoms with Crippen LogP contribution in [0.1, 0.15) is 62.3 Å². The summed E-state index contributed by atoms with van der Waals surface area (Å²) < 4.78 is 0. The van der Waals surface area contributed by atoms with Gasteiger partial charge in [-0.15, -0.1) is 11.3 Å². The number of hydrogen-bond donors (Lipinski definition) is 1. The average Bonchev–Trinajstić information content (AvgIpc) is 2.92. The topological polar surface area (TPSA) is 45.2 Å². The number of hydrogen-bond acceptors (Lipinski definition) is 4. The molecule has 0 bridgehead atoms. The second-order valence-corrected chi connectivity index (χ2v) is 7.70. The van der Waals surface area contributed by atoms with Crippen LogP contribution in [0.3, 0.4) is 0 Å². The van der Waals surface area contributed by atoms with Gasteiger partial charge in [0.1, 0.15) is 6.17 Å². The first kappa shape index (κ1) is 13.7. The minimum Gasteiger partial charge on any atom is -0.319 e. The van der Waals surface area contributed by atoms with E-state index in [1.54, 1.807) is 11.3 Å². The maximum absolute atomic E-state index is 13.0. The molecule has 1 N–H and O–H groups in total. The Labute approximate surface area is 129 Å². The highest BCUT2D eigenvalue weighted by Gasteiger charge is 2.53. The van der Waals surface area contributed by atoms with E-state index >= 15 is 0 Å². The number of amides is 1. The van der Waals surface area contributed by atoms with Crippen molar-refractivity contribution in [3.05, 3.63) is 16.1 Å². The number of thiazole rings is 1. The molecule has 1 aromatic rings. The third kappa shape index (κ3) is 2.30. The SMILES string of the molecule is CCc1nc([C@H]2NC3(CCCC3)C(=O)N2CC2CC2)cs1. The second kappa shape index (κ2) is 5.06. The van der Waals surface area contributed by atoms with Gasteiger partial charge in [0.2, 0.25) is 5.91 Å². The lowest BCUT2D eigenvalue weighted by molar-refractivity contribution is -0.133. The van der Waals surface area contributed by atoms with Gasteiger partial charge in [-0.05, 0) is 38.0 Å². The number of nitrogens with one attached hydrogen (secondary N) is 1. The zero-order valence-corrected chi connectivity index (χ0v) is 13.4. The normalized spacial score (nSPS) is 28.0. The largest absolute Gasteiger partial charge is 0.319 e. The van der Waals surface area contributed by atoms with E-state index in [4.69, 9.17) is 4.98 Å². The Kier molecular flexibility index (Phi) is 3.30. The van der Waals surface area contributed by atoms with Gasteiger partial charge in [0.25, 0.3) is 0 Å². The minimum atomic E-state index is -0.282. The molecule has 21 heavy (non-hydrogen) atoms. The zero-order chi connectivity index (χ0) is 14.4. The number of aromatic nitrogens is 1. The molecule has 3 fully saturated rings. The van der Waals surface area contributed by atoms with Gasteiger partial charge >= 0.3 is 0 Å². The van der Waals surface area contributed by atoms with Crippen LogP contribution in [0, 0.1) is 5.92 Å². The van der Waals surface area contributed by atoms with Crippen LogP contribution >= 0.6 is 11.3 Å². The summed E-state index contributed by atoms with van der Waals surface area (Å²) in [4.78, 5) is 19.8. The van der Waals surface area contributed by atoms with Crippen LogP contribution in [0.4, 0.5) is 0 Å². The van der Waals surface area contributed by atoms with Gasteiger partial charge in [0.05, 0.1) is 16.2 Å². The molecule has 2 saturated carbocycles. The van der Waals surface area contributed by atoms with Gasteiger partial charge in [0, 0.05) is 11.9 Å². The molecule has 0 unspecified atom stereocenters. The predicted molar refractivity (Wildman–Crippen MR) is 83.0 cm³/mol. The lowest BCUT2D eigenvalue weighted by Gasteiger charge is -2.22. The second-order valence-electron chi connectivity index (χ2n) is 6.76. The summed E-state index contributed by atoms with van der Waals surface area (Å²) in [5, 5.41) is 6.97. The minimum absolute atomic E-state index is 0.00718. The fraction of sp³-hybridized carbons (Fsp3) is 0.750. The molecule has 4 rings (SSSR count). The van der Waals surface area contributed by atoms with Crippen molar-refractivity contribution in [2.24, 2.45) is 5.92 Å². The molecule has 1 amide bonds. The van der Waals surface area contributed by atoms with E-state index < -0.39 is 0 Å². The summed E-state index contributed by atoms with van der Waals surface area (Å²) in [7, 11) is 0. The molecule has 2 aliphatic carbocycles. The smallest absolute Gasteiger partial charge is 0.244 e. The van der Waals surface area contributed by atoms with Crippen molar-refractivity contribution in [1.29, 1.82) is 0 Å². The molecular weight excluding hydrogens is 282 g/mol. The summed E-state index contributed by atoms with van der Waals surface area (Å²) in [5.74, 6) is 1.06. The van der Waals surface area contributed by atoms with E-state index in [9.17, 15) is 4.79 Å². The number of aryl methyl sites for hydroxylation is 1. The van der Waals surface area contributed by atoms with Crippen LogP contribution in [0.15, 0.2) is 5.38 Å². The van der Waals surface area contributed by atoms with E-state index in [1.807, 2.05) is 0 Å². The fourth-order valence-corrected chi connectivity index (χ4v) is 4.51. The van der Waals surface area contributed by atoms with Crippen LogP contribution < -0.4 is 5.32 Å². The van der Waals surface area contributed by atoms with E-state index in [0.29, 0.717) is 5.91 Å². The third-order valence-corrected chi connectivity index (χ3v) is 6.17. The molecule has 1 spiro atoms. The van der Waals surface area contributed by atoms with Crippen molar-refractivity contribution >= 4 is 17.2 Å². The molecule has 1 aromatic heterocycles. The molecule has 114 valence electrons. The monoisotopic (exact) mass is 305 g/mol. The predicted octanol–water partition coefficient (Wildman–Crippen LogP) is 2.86. The number of carbonyl (C=O) groups is 1. The van der Waals surface area contributed by atoms with Crippen LogP contribution in [-0.2, 0) is 11.2 Å². The molecule has 1 saturated heterocycles. The molecule has 1 atom stereocenters. The highest BCUT2D eigenvalue weighted by molar-refractivity contribution is 7.09. The highest BCUT2D eigenvalue weighted by atomic mass is 32.1. The quantitative estimate of drug-likeness (QED) is 0.930. The van der Waals surface area contributed by atoms with Crippen molar-refractivity contribution < 1.29 is 4.79 Å². The first-order chi connectivity index (χ1) is 10.2. The number of nitrogens with zero attached hydrogens (tertiary/aromatic N) is 2. The van der Waals surface area contributed by atoms with E-state index in [0.717, 1.165) is 42.4 Å². The van der Waals surface area contributed by atoms with Gasteiger partial charge in [-0.25, -0.2) is 4.98 Å². The standard InChI is InChI=1S/C16H23N3OS/c1-2-13-17-12(10-21-13)14-18-16(7-3-4-8-16)15(20)19(14)9-11-5-6-11/h10-11,14,18H,2-9H2,1H3/t14-/m0/s1. The maximum atomic E-state index is 13.0. The maximum Gasteiger partial charge on any atom is 0.244 e. The van der Waals surface area contributed by atoms with Gasteiger partial charge in [-0.2, -0.15) is 0 Å². The van der Waals surface area contributed by atoms with Crippen LogP contribution in [0.5, 0.6) is 0 Å². The van der Waals surface area contributed by atoms with Crippen molar-refractivity contribution in [3.63, 3.8) is 0 Å². The number of rotatable bonds is 4. The molecule has 5 heteroatoms. The first-order valence-electron chi connectivity index (χ1n) is 8.25. The van der Waals surface area contributed by atoms with E-state index in [2.05, 4.69) is 22.5 Å². The first-order valence-corrected chi connectivity index (χ1v) is 9.13. The lowest BCUT2D eigenvalue weighted by atomic mass is 9.98. The van der Waals surface area contributed by atoms with Crippen molar-refractivity contribution in [2.45, 2.75) is 63.6 Å². The molecular formula is C16H23N3OS. The lowest BCUT2D eigenvalue weighted by Crippen LogP contribution is -2.44. The molecule has 4 nitrogen and oxygen atoms in total. The Morgan fingerprint density at radius 1 is 1.43 bits per heavy atom. The molecule has 0 aromatic carbocycles. The van der Waals surface area contributed by atoms with Crippen molar-refractivity contribution in [2.75, 3.05) is 6.54 Å². The molecule has 1 aliphatic heterocycles. The Morgan fingerprint density at radius 3 is 2.81 bits per heavy atom. The Morgan fingerprint density at radius 2 is 2.19 bits per heavy atom. The molecule has 2 heterocycles. The fourth-order valence-electron chi connectivity index (χ4n) is 3.74.